The first-order chi connectivity index (χ1) is 29.0. The largest absolute Gasteiger partial charge is 0.342 e. The molecule has 0 amide bonds. The lowest BCUT2D eigenvalue weighted by atomic mass is 9.64. The molecule has 0 N–H and O–H groups in total. The first-order valence-corrected chi connectivity index (χ1v) is 19.3. The molecular formula is C55H55N. The van der Waals surface area contributed by atoms with Crippen molar-refractivity contribution < 1.29 is 5.48 Å². The van der Waals surface area contributed by atoms with Gasteiger partial charge in [-0.15, -0.1) is 13.1 Å². The van der Waals surface area contributed by atoms with Crippen LogP contribution in [0.25, 0.3) is 30.9 Å². The Labute approximate surface area is 341 Å². The summed E-state index contributed by atoms with van der Waals surface area (Å²) in [5, 5.41) is 1.64. The van der Waals surface area contributed by atoms with E-state index in [2.05, 4.69) is 125 Å². The third-order valence-corrected chi connectivity index (χ3v) is 11.2. The van der Waals surface area contributed by atoms with E-state index in [0.717, 1.165) is 55.9 Å². The smallest absolute Gasteiger partial charge is 0.0592 e. The Morgan fingerprint density at radius 1 is 0.839 bits per heavy atom. The van der Waals surface area contributed by atoms with Crippen LogP contribution in [-0.4, -0.2) is 10.9 Å². The summed E-state index contributed by atoms with van der Waals surface area (Å²) in [6.07, 6.45) is 16.6. The van der Waals surface area contributed by atoms with Gasteiger partial charge in [0.2, 0.25) is 0 Å². The minimum atomic E-state index is -1.28. The molecule has 0 saturated carbocycles. The van der Waals surface area contributed by atoms with Gasteiger partial charge in [0.1, 0.15) is 0 Å². The molecule has 0 saturated heterocycles. The molecule has 6 rings (SSSR count). The van der Waals surface area contributed by atoms with Gasteiger partial charge in [-0.25, -0.2) is 0 Å². The van der Waals surface area contributed by atoms with E-state index in [1.807, 2.05) is 91.7 Å². The van der Waals surface area contributed by atoms with E-state index in [1.165, 1.54) is 11.1 Å². The lowest BCUT2D eigenvalue weighted by Crippen LogP contribution is -2.35. The van der Waals surface area contributed by atoms with Crippen molar-refractivity contribution in [3.8, 4) is 0 Å². The van der Waals surface area contributed by atoms with Crippen LogP contribution in [-0.2, 0) is 5.41 Å². The molecule has 4 atom stereocenters. The summed E-state index contributed by atoms with van der Waals surface area (Å²) in [6.45, 7) is 22.3. The second-order valence-electron chi connectivity index (χ2n) is 14.3. The van der Waals surface area contributed by atoms with E-state index in [0.29, 0.717) is 5.70 Å². The number of allylic oxidation sites excluding steroid dienone is 5. The summed E-state index contributed by atoms with van der Waals surface area (Å²) in [4.78, 5) is 1.81. The average Bonchev–Trinajstić information content (AvgIpc) is 3.56. The van der Waals surface area contributed by atoms with Crippen LogP contribution in [0, 0.1) is 19.8 Å². The van der Waals surface area contributed by atoms with Gasteiger partial charge in [0.05, 0.1) is 15.6 Å². The molecule has 0 fully saturated rings. The van der Waals surface area contributed by atoms with Gasteiger partial charge >= 0.3 is 0 Å². The van der Waals surface area contributed by atoms with Gasteiger partial charge in [-0.1, -0.05) is 177 Å². The SMILES string of the molecule is [2H]C=C([2H])C(C([2H])/C([2H])=C/c1cc(/C=C\C)c(C)c(C)c1/C=C\C)N(/C=C/C1C(C=C)c2ccccc2C1(c1ccccc1)c1ccccc1)C(=C)/C=c1/ccccc1=C. The van der Waals surface area contributed by atoms with E-state index in [4.69, 9.17) is 1.37 Å². The van der Waals surface area contributed by atoms with E-state index in [9.17, 15) is 4.11 Å². The monoisotopic (exact) mass is 733 g/mol. The maximum Gasteiger partial charge on any atom is 0.0592 e. The molecule has 1 aliphatic rings. The van der Waals surface area contributed by atoms with Crippen molar-refractivity contribution in [1.82, 2.24) is 4.90 Å². The Morgan fingerprint density at radius 3 is 2.12 bits per heavy atom. The fourth-order valence-corrected chi connectivity index (χ4v) is 8.36. The van der Waals surface area contributed by atoms with Gasteiger partial charge in [0.15, 0.2) is 0 Å². The van der Waals surface area contributed by atoms with Crippen molar-refractivity contribution in [2.45, 2.75) is 51.5 Å². The second kappa shape index (κ2) is 18.0. The quantitative estimate of drug-likeness (QED) is 0.103. The molecule has 0 radical (unpaired) electrons. The maximum absolute atomic E-state index is 9.79. The third-order valence-electron chi connectivity index (χ3n) is 11.2. The van der Waals surface area contributed by atoms with Crippen LogP contribution in [0.1, 0.15) is 81.7 Å². The summed E-state index contributed by atoms with van der Waals surface area (Å²) in [5.41, 5.74) is 9.59. The Bertz CT molecular complexity index is 2570. The fourth-order valence-electron chi connectivity index (χ4n) is 8.36. The number of benzene rings is 5. The Balaban J connectivity index is 1.59. The molecule has 1 nitrogen and oxygen atoms in total. The molecule has 0 spiro atoms. The number of rotatable bonds is 14. The average molecular weight is 734 g/mol. The van der Waals surface area contributed by atoms with Crippen molar-refractivity contribution in [2.24, 2.45) is 5.92 Å². The summed E-state index contributed by atoms with van der Waals surface area (Å²) < 4.78 is 37.0. The molecule has 4 unspecified atom stereocenters. The van der Waals surface area contributed by atoms with Gasteiger partial charge in [0, 0.05) is 25.1 Å². The predicted octanol–water partition coefficient (Wildman–Crippen LogP) is 12.5. The Morgan fingerprint density at radius 2 is 1.48 bits per heavy atom. The lowest BCUT2D eigenvalue weighted by Gasteiger charge is -2.39. The van der Waals surface area contributed by atoms with Crippen LogP contribution in [0.2, 0.25) is 0 Å². The summed E-state index contributed by atoms with van der Waals surface area (Å²) >= 11 is 0. The molecule has 5 aromatic carbocycles. The highest BCUT2D eigenvalue weighted by Crippen LogP contribution is 2.58. The zero-order chi connectivity index (χ0) is 43.0. The zero-order valence-corrected chi connectivity index (χ0v) is 33.1. The summed E-state index contributed by atoms with van der Waals surface area (Å²) in [6, 6.07) is 38.4. The second-order valence-corrected chi connectivity index (χ2v) is 14.3. The number of fused-ring (bicyclic) bond motifs is 1. The van der Waals surface area contributed by atoms with Gasteiger partial charge < -0.3 is 4.90 Å². The van der Waals surface area contributed by atoms with E-state index in [-0.39, 0.29) is 23.9 Å². The lowest BCUT2D eigenvalue weighted by molar-refractivity contribution is 0.398. The number of nitrogens with zero attached hydrogens (tertiary/aromatic N) is 1. The molecule has 280 valence electrons. The highest BCUT2D eigenvalue weighted by molar-refractivity contribution is 5.73. The van der Waals surface area contributed by atoms with Crippen molar-refractivity contribution in [3.05, 3.63) is 244 Å². The van der Waals surface area contributed by atoms with Crippen LogP contribution in [0.4, 0.5) is 0 Å². The minimum Gasteiger partial charge on any atom is -0.342 e. The molecule has 0 bridgehead atoms. The topological polar surface area (TPSA) is 3.24 Å². The van der Waals surface area contributed by atoms with E-state index >= 15 is 0 Å². The van der Waals surface area contributed by atoms with E-state index < -0.39 is 17.9 Å². The van der Waals surface area contributed by atoms with Crippen molar-refractivity contribution in [2.75, 3.05) is 0 Å². The van der Waals surface area contributed by atoms with Crippen molar-refractivity contribution in [1.29, 1.82) is 0 Å². The Hall–Kier alpha value is -6.18. The highest BCUT2D eigenvalue weighted by Gasteiger charge is 2.52. The first kappa shape index (κ1) is 34.3. The van der Waals surface area contributed by atoms with Crippen LogP contribution < -0.4 is 10.4 Å². The zero-order valence-electron chi connectivity index (χ0n) is 37.1. The van der Waals surface area contributed by atoms with Gasteiger partial charge in [-0.05, 0) is 107 Å². The first-order valence-electron chi connectivity index (χ1n) is 21.5. The molecule has 0 heterocycles. The molecule has 5 aromatic rings. The van der Waals surface area contributed by atoms with Gasteiger partial charge in [-0.3, -0.25) is 0 Å². The molecule has 56 heavy (non-hydrogen) atoms. The van der Waals surface area contributed by atoms with Gasteiger partial charge in [-0.2, -0.15) is 0 Å². The molecule has 0 aromatic heterocycles. The van der Waals surface area contributed by atoms with Crippen molar-refractivity contribution >= 4 is 30.9 Å². The van der Waals surface area contributed by atoms with Crippen molar-refractivity contribution in [3.63, 3.8) is 0 Å². The third kappa shape index (κ3) is 7.68. The summed E-state index contributed by atoms with van der Waals surface area (Å²) in [7, 11) is 0. The minimum absolute atomic E-state index is 0.0101. The predicted molar refractivity (Wildman–Crippen MR) is 244 cm³/mol. The fraction of sp³-hybridized carbons (Fsp3) is 0.164. The highest BCUT2D eigenvalue weighted by atomic mass is 15.1. The summed E-state index contributed by atoms with van der Waals surface area (Å²) in [5.74, 6) is -0.306. The Kier molecular flexibility index (Phi) is 11.0. The standard InChI is InChI=1S/C55H55N/c1-9-24-45-39-46(51(25-10-2)43(8)42(45)7)28-23-33-49(11-3)56(41(6)38-44-27-20-19-26-40(44)5)37-36-54-50(12-4)52-34-21-22-35-53(52)55(54,47-29-15-13-16-30-47)48-31-17-14-18-32-48/h9-32,34-39,49-50,54H,3-6,33H2,1-2,7-8H3/b24-9-,25-10-,28-23+,37-36+,44-38-/i3D,11D,23D,33D/b11-3?,24-9-,25-10-,28-23+,37-36+,44-38-. The molecule has 0 aliphatic heterocycles. The van der Waals surface area contributed by atoms with Crippen LogP contribution >= 0.6 is 0 Å². The van der Waals surface area contributed by atoms with Gasteiger partial charge in [0.25, 0.3) is 0 Å². The van der Waals surface area contributed by atoms with Crippen LogP contribution in [0.5, 0.6) is 0 Å². The number of hydrogen-bond acceptors (Lipinski definition) is 1. The normalized spacial score (nSPS) is 19.3. The van der Waals surface area contributed by atoms with Crippen LogP contribution in [0.3, 0.4) is 0 Å². The van der Waals surface area contributed by atoms with E-state index in [1.54, 1.807) is 6.08 Å². The molecule has 1 aliphatic carbocycles. The van der Waals surface area contributed by atoms with Crippen LogP contribution in [0.15, 0.2) is 183 Å². The molecular weight excluding hydrogens is 675 g/mol. The maximum atomic E-state index is 9.79. The number of hydrogen-bond donors (Lipinski definition) is 0. The molecule has 1 heteroatoms.